The molecule has 2 heterocycles. The quantitative estimate of drug-likeness (QED) is 0.675. The van der Waals surface area contributed by atoms with Crippen molar-refractivity contribution in [3.63, 3.8) is 0 Å². The van der Waals surface area contributed by atoms with Gasteiger partial charge in [-0.05, 0) is 43.5 Å². The molecular weight excluding hydrogens is 368 g/mol. The fourth-order valence-electron chi connectivity index (χ4n) is 4.21. The van der Waals surface area contributed by atoms with Crippen LogP contribution in [-0.4, -0.2) is 43.2 Å². The Kier molecular flexibility index (Phi) is 6.23. The van der Waals surface area contributed by atoms with Gasteiger partial charge in [-0.1, -0.05) is 30.3 Å². The molecule has 0 aromatic heterocycles. The molecule has 0 spiro atoms. The zero-order valence-electron chi connectivity index (χ0n) is 16.5. The van der Waals surface area contributed by atoms with Crippen LogP contribution in [0, 0.1) is 0 Å². The van der Waals surface area contributed by atoms with E-state index in [4.69, 9.17) is 4.74 Å². The highest BCUT2D eigenvalue weighted by Gasteiger charge is 2.30. The van der Waals surface area contributed by atoms with Crippen molar-refractivity contribution >= 4 is 29.1 Å². The van der Waals surface area contributed by atoms with Crippen molar-refractivity contribution in [1.82, 2.24) is 4.90 Å². The van der Waals surface area contributed by atoms with E-state index < -0.39 is 0 Å². The second kappa shape index (κ2) is 9.01. The van der Waals surface area contributed by atoms with E-state index in [1.54, 1.807) is 0 Å². The first-order valence-electron chi connectivity index (χ1n) is 10.2. The van der Waals surface area contributed by atoms with Crippen molar-refractivity contribution in [2.24, 2.45) is 0 Å². The third kappa shape index (κ3) is 4.20. The van der Waals surface area contributed by atoms with Crippen LogP contribution in [0.3, 0.4) is 0 Å². The largest absolute Gasteiger partial charge is 0.466 e. The summed E-state index contributed by atoms with van der Waals surface area (Å²) in [5.41, 5.74) is 4.10. The lowest BCUT2D eigenvalue weighted by atomic mass is 10.00. The minimum Gasteiger partial charge on any atom is -0.466 e. The Bertz CT molecular complexity index is 770. The predicted molar refractivity (Wildman–Crippen MR) is 115 cm³/mol. The topological polar surface area (TPSA) is 32.8 Å². The number of likely N-dealkylation sites (tertiary alicyclic amines) is 1. The molecule has 0 atom stereocenters. The first-order chi connectivity index (χ1) is 13.8. The molecule has 28 heavy (non-hydrogen) atoms. The lowest BCUT2D eigenvalue weighted by Crippen LogP contribution is -2.44. The molecule has 1 fully saturated rings. The molecule has 4 rings (SSSR count). The first-order valence-corrected chi connectivity index (χ1v) is 11.2. The maximum Gasteiger partial charge on any atom is 0.307 e. The van der Waals surface area contributed by atoms with Crippen LogP contribution in [0.25, 0.3) is 0 Å². The summed E-state index contributed by atoms with van der Waals surface area (Å²) in [5.74, 6) is 0.930. The molecule has 4 nitrogen and oxygen atoms in total. The van der Waals surface area contributed by atoms with Crippen LogP contribution in [0.5, 0.6) is 0 Å². The van der Waals surface area contributed by atoms with Crippen LogP contribution in [0.1, 0.15) is 31.7 Å². The smallest absolute Gasteiger partial charge is 0.307 e. The van der Waals surface area contributed by atoms with Crippen molar-refractivity contribution in [3.05, 3.63) is 54.1 Å². The van der Waals surface area contributed by atoms with E-state index in [9.17, 15) is 4.79 Å². The van der Waals surface area contributed by atoms with Crippen molar-refractivity contribution in [1.29, 1.82) is 0 Å². The number of anilines is 2. The molecule has 0 saturated carbocycles. The highest BCUT2D eigenvalue weighted by Crippen LogP contribution is 2.44. The van der Waals surface area contributed by atoms with Gasteiger partial charge in [0.15, 0.2) is 0 Å². The van der Waals surface area contributed by atoms with Gasteiger partial charge in [0, 0.05) is 42.0 Å². The Morgan fingerprint density at radius 3 is 2.57 bits per heavy atom. The Morgan fingerprint density at radius 1 is 1.07 bits per heavy atom. The maximum atomic E-state index is 11.7. The van der Waals surface area contributed by atoms with E-state index in [0.717, 1.165) is 38.2 Å². The second-order valence-corrected chi connectivity index (χ2v) is 8.40. The molecule has 148 valence electrons. The van der Waals surface area contributed by atoms with Crippen molar-refractivity contribution in [2.75, 3.05) is 31.1 Å². The first kappa shape index (κ1) is 19.3. The highest BCUT2D eigenvalue weighted by atomic mass is 32.2. The van der Waals surface area contributed by atoms with Gasteiger partial charge in [-0.15, -0.1) is 11.8 Å². The lowest BCUT2D eigenvalue weighted by Gasteiger charge is -2.40. The summed E-state index contributed by atoms with van der Waals surface area (Å²) >= 11 is 1.93. The lowest BCUT2D eigenvalue weighted by molar-refractivity contribution is -0.143. The molecule has 0 N–H and O–H groups in total. The number of carbonyl (C=O) groups is 1. The van der Waals surface area contributed by atoms with E-state index >= 15 is 0 Å². The number of esters is 1. The molecule has 2 aliphatic rings. The van der Waals surface area contributed by atoms with E-state index in [1.165, 1.54) is 21.8 Å². The molecular formula is C23H28N2O2S. The number of ether oxygens (including phenoxy) is 1. The highest BCUT2D eigenvalue weighted by molar-refractivity contribution is 7.98. The van der Waals surface area contributed by atoms with Crippen LogP contribution in [0.2, 0.25) is 0 Å². The number of hydrogen-bond donors (Lipinski definition) is 0. The van der Waals surface area contributed by atoms with Gasteiger partial charge in [-0.2, -0.15) is 0 Å². The van der Waals surface area contributed by atoms with Crippen molar-refractivity contribution < 1.29 is 9.53 Å². The molecule has 1 saturated heterocycles. The number of hydrogen-bond acceptors (Lipinski definition) is 5. The molecule has 0 unspecified atom stereocenters. The Morgan fingerprint density at radius 2 is 1.79 bits per heavy atom. The van der Waals surface area contributed by atoms with Gasteiger partial charge in [0.25, 0.3) is 0 Å². The molecule has 0 radical (unpaired) electrons. The van der Waals surface area contributed by atoms with Gasteiger partial charge in [0.05, 0.1) is 18.7 Å². The van der Waals surface area contributed by atoms with Crippen LogP contribution in [0.4, 0.5) is 11.4 Å². The summed E-state index contributed by atoms with van der Waals surface area (Å²) in [5, 5.41) is 0. The second-order valence-electron chi connectivity index (χ2n) is 7.38. The number of benzene rings is 2. The van der Waals surface area contributed by atoms with E-state index in [-0.39, 0.29) is 5.97 Å². The number of carbonyl (C=O) groups excluding carboxylic acids is 1. The van der Waals surface area contributed by atoms with Gasteiger partial charge < -0.3 is 14.5 Å². The number of nitrogens with zero attached hydrogens (tertiary/aromatic N) is 2. The number of piperidine rings is 1. The van der Waals surface area contributed by atoms with Gasteiger partial charge in [-0.3, -0.25) is 4.79 Å². The fourth-order valence-corrected chi connectivity index (χ4v) is 5.25. The monoisotopic (exact) mass is 396 g/mol. The third-order valence-corrected chi connectivity index (χ3v) is 6.73. The standard InChI is InChI=1S/C23H28N2O2S/c1-2-27-23(26)13-16-24-14-11-19(12-15-24)25-20-8-4-3-7-18(20)17-28-22-10-6-5-9-21(22)25/h3-10,19H,2,11-17H2,1H3. The normalized spacial score (nSPS) is 17.5. The molecule has 2 aromatic carbocycles. The molecule has 0 amide bonds. The van der Waals surface area contributed by atoms with Gasteiger partial charge in [0.1, 0.15) is 0 Å². The minimum atomic E-state index is -0.0861. The summed E-state index contributed by atoms with van der Waals surface area (Å²) in [6.07, 6.45) is 2.71. The molecule has 5 heteroatoms. The number of thioether (sulfide) groups is 1. The summed E-state index contributed by atoms with van der Waals surface area (Å²) < 4.78 is 5.07. The maximum absolute atomic E-state index is 11.7. The Balaban J connectivity index is 1.50. The van der Waals surface area contributed by atoms with Crippen molar-refractivity contribution in [3.8, 4) is 0 Å². The van der Waals surface area contributed by atoms with Crippen LogP contribution in [0.15, 0.2) is 53.4 Å². The minimum absolute atomic E-state index is 0.0861. The van der Waals surface area contributed by atoms with Crippen molar-refractivity contribution in [2.45, 2.75) is 42.9 Å². The van der Waals surface area contributed by atoms with Gasteiger partial charge in [-0.25, -0.2) is 0 Å². The van der Waals surface area contributed by atoms with E-state index in [2.05, 4.69) is 58.3 Å². The zero-order chi connectivity index (χ0) is 19.3. The van der Waals surface area contributed by atoms with Gasteiger partial charge in [0.2, 0.25) is 0 Å². The molecule has 2 aliphatic heterocycles. The SMILES string of the molecule is CCOC(=O)CCN1CCC(N2c3ccccc3CSc3ccccc32)CC1. The number of para-hydroxylation sites is 2. The van der Waals surface area contributed by atoms with Crippen LogP contribution >= 0.6 is 11.8 Å². The molecule has 0 bridgehead atoms. The van der Waals surface area contributed by atoms with Crippen LogP contribution in [-0.2, 0) is 15.3 Å². The van der Waals surface area contributed by atoms with E-state index in [0.29, 0.717) is 19.1 Å². The molecule has 0 aliphatic carbocycles. The van der Waals surface area contributed by atoms with E-state index in [1.807, 2.05) is 18.7 Å². The average molecular weight is 397 g/mol. The summed E-state index contributed by atoms with van der Waals surface area (Å²) in [6.45, 7) is 5.18. The Hall–Kier alpha value is -1.98. The average Bonchev–Trinajstić information content (AvgIpc) is 2.90. The number of rotatable bonds is 5. The summed E-state index contributed by atoms with van der Waals surface area (Å²) in [4.78, 5) is 18.0. The van der Waals surface area contributed by atoms with Gasteiger partial charge >= 0.3 is 5.97 Å². The van der Waals surface area contributed by atoms with Crippen LogP contribution < -0.4 is 4.90 Å². The fraction of sp³-hybridized carbons (Fsp3) is 0.435. The molecule has 2 aromatic rings. The summed E-state index contributed by atoms with van der Waals surface area (Å²) in [7, 11) is 0. The summed E-state index contributed by atoms with van der Waals surface area (Å²) in [6, 6.07) is 18.1. The zero-order valence-corrected chi connectivity index (χ0v) is 17.3. The third-order valence-electron chi connectivity index (χ3n) is 5.62. The predicted octanol–water partition coefficient (Wildman–Crippen LogP) is 4.85. The number of fused-ring (bicyclic) bond motifs is 2. The Labute approximate surface area is 171 Å².